The second-order valence-electron chi connectivity index (χ2n) is 5.21. The number of nitrogens with one attached hydrogen (secondary N) is 1. The third-order valence-corrected chi connectivity index (χ3v) is 3.83. The Labute approximate surface area is 116 Å². The third kappa shape index (κ3) is 4.69. The van der Waals surface area contributed by atoms with Gasteiger partial charge in [-0.3, -0.25) is 9.59 Å². The molecule has 1 rings (SSSR count). The zero-order chi connectivity index (χ0) is 14.3. The van der Waals surface area contributed by atoms with Crippen molar-refractivity contribution in [3.05, 3.63) is 12.7 Å². The molecule has 0 aromatic rings. The molecule has 1 fully saturated rings. The van der Waals surface area contributed by atoms with Gasteiger partial charge in [0.1, 0.15) is 0 Å². The zero-order valence-corrected chi connectivity index (χ0v) is 12.2. The lowest BCUT2D eigenvalue weighted by Crippen LogP contribution is -2.44. The molecule has 0 saturated carbocycles. The molecular weight excluding hydrogens is 240 g/mol. The smallest absolute Gasteiger partial charge is 0.245 e. The fourth-order valence-corrected chi connectivity index (χ4v) is 2.54. The summed E-state index contributed by atoms with van der Waals surface area (Å²) in [4.78, 5) is 25.4. The van der Waals surface area contributed by atoms with Crippen molar-refractivity contribution in [3.8, 4) is 0 Å². The maximum Gasteiger partial charge on any atom is 0.245 e. The first-order valence-corrected chi connectivity index (χ1v) is 7.34. The van der Waals surface area contributed by atoms with Gasteiger partial charge in [0.2, 0.25) is 11.8 Å². The molecule has 1 N–H and O–H groups in total. The highest BCUT2D eigenvalue weighted by Crippen LogP contribution is 2.18. The van der Waals surface area contributed by atoms with Crippen LogP contribution in [0.2, 0.25) is 0 Å². The van der Waals surface area contributed by atoms with Crippen molar-refractivity contribution in [2.75, 3.05) is 13.1 Å². The van der Waals surface area contributed by atoms with Gasteiger partial charge in [-0.05, 0) is 31.8 Å². The summed E-state index contributed by atoms with van der Waals surface area (Å²) >= 11 is 0. The van der Waals surface area contributed by atoms with Crippen LogP contribution in [0.25, 0.3) is 0 Å². The quantitative estimate of drug-likeness (QED) is 0.749. The summed E-state index contributed by atoms with van der Waals surface area (Å²) in [5.41, 5.74) is 0. The molecule has 0 aliphatic carbocycles. The first-order chi connectivity index (χ1) is 9.12. The standard InChI is InChI=1S/C15H26N2O2/c1-4-7-13(5-2)16-15(19)12-8-10-17(11-9-12)14(18)6-3/h6,12-13H,3-5,7-11H2,1-2H3,(H,16,19). The van der Waals surface area contributed by atoms with Gasteiger partial charge >= 0.3 is 0 Å². The van der Waals surface area contributed by atoms with E-state index in [4.69, 9.17) is 0 Å². The van der Waals surface area contributed by atoms with Gasteiger partial charge in [-0.15, -0.1) is 0 Å². The summed E-state index contributed by atoms with van der Waals surface area (Å²) in [6.07, 6.45) is 5.96. The Kier molecular flexibility index (Phi) is 6.60. The molecule has 108 valence electrons. The number of hydrogen-bond donors (Lipinski definition) is 1. The molecule has 0 radical (unpaired) electrons. The summed E-state index contributed by atoms with van der Waals surface area (Å²) in [6.45, 7) is 9.05. The zero-order valence-electron chi connectivity index (χ0n) is 12.2. The van der Waals surface area contributed by atoms with Crippen LogP contribution < -0.4 is 5.32 Å². The molecule has 0 aromatic carbocycles. The molecule has 4 heteroatoms. The fraction of sp³-hybridized carbons (Fsp3) is 0.733. The number of nitrogens with zero attached hydrogens (tertiary/aromatic N) is 1. The van der Waals surface area contributed by atoms with E-state index in [1.807, 2.05) is 0 Å². The predicted molar refractivity (Wildman–Crippen MR) is 76.6 cm³/mol. The van der Waals surface area contributed by atoms with Crippen molar-refractivity contribution in [2.24, 2.45) is 5.92 Å². The fourth-order valence-electron chi connectivity index (χ4n) is 2.54. The number of amides is 2. The largest absolute Gasteiger partial charge is 0.353 e. The van der Waals surface area contributed by atoms with E-state index in [1.54, 1.807) is 4.90 Å². The minimum atomic E-state index is -0.0312. The van der Waals surface area contributed by atoms with Gasteiger partial charge in [-0.2, -0.15) is 0 Å². The van der Waals surface area contributed by atoms with Crippen LogP contribution in [0.1, 0.15) is 46.0 Å². The van der Waals surface area contributed by atoms with E-state index in [0.717, 1.165) is 32.1 Å². The predicted octanol–water partition coefficient (Wildman–Crippen LogP) is 2.11. The third-order valence-electron chi connectivity index (χ3n) is 3.83. The van der Waals surface area contributed by atoms with Crippen LogP contribution in [0.15, 0.2) is 12.7 Å². The van der Waals surface area contributed by atoms with Crippen molar-refractivity contribution >= 4 is 11.8 Å². The molecule has 4 nitrogen and oxygen atoms in total. The molecule has 2 amide bonds. The summed E-state index contributed by atoms with van der Waals surface area (Å²) < 4.78 is 0. The maximum absolute atomic E-state index is 12.2. The highest BCUT2D eigenvalue weighted by molar-refractivity contribution is 5.87. The van der Waals surface area contributed by atoms with Crippen LogP contribution in [-0.4, -0.2) is 35.8 Å². The lowest BCUT2D eigenvalue weighted by Gasteiger charge is -2.31. The van der Waals surface area contributed by atoms with Crippen LogP contribution in [-0.2, 0) is 9.59 Å². The Balaban J connectivity index is 2.40. The Bertz CT molecular complexity index is 320. The van der Waals surface area contributed by atoms with E-state index in [-0.39, 0.29) is 17.7 Å². The number of carbonyl (C=O) groups excluding carboxylic acids is 2. The van der Waals surface area contributed by atoms with E-state index in [9.17, 15) is 9.59 Å². The van der Waals surface area contributed by atoms with Crippen LogP contribution in [0.3, 0.4) is 0 Å². The Morgan fingerprint density at radius 3 is 2.47 bits per heavy atom. The second kappa shape index (κ2) is 7.97. The highest BCUT2D eigenvalue weighted by Gasteiger charge is 2.27. The van der Waals surface area contributed by atoms with E-state index >= 15 is 0 Å². The molecule has 19 heavy (non-hydrogen) atoms. The Morgan fingerprint density at radius 2 is 2.00 bits per heavy atom. The number of carbonyl (C=O) groups is 2. The van der Waals surface area contributed by atoms with Crippen LogP contribution in [0, 0.1) is 5.92 Å². The van der Waals surface area contributed by atoms with Crippen molar-refractivity contribution in [3.63, 3.8) is 0 Å². The number of rotatable bonds is 6. The van der Waals surface area contributed by atoms with E-state index in [0.29, 0.717) is 19.1 Å². The van der Waals surface area contributed by atoms with E-state index in [1.165, 1.54) is 6.08 Å². The van der Waals surface area contributed by atoms with E-state index < -0.39 is 0 Å². The molecule has 1 unspecified atom stereocenters. The van der Waals surface area contributed by atoms with Crippen LogP contribution in [0.5, 0.6) is 0 Å². The topological polar surface area (TPSA) is 49.4 Å². The average molecular weight is 266 g/mol. The molecule has 1 aliphatic heterocycles. The first-order valence-electron chi connectivity index (χ1n) is 7.34. The number of hydrogen-bond acceptors (Lipinski definition) is 2. The summed E-state index contributed by atoms with van der Waals surface area (Å²) in [5, 5.41) is 3.13. The molecular formula is C15H26N2O2. The van der Waals surface area contributed by atoms with Crippen molar-refractivity contribution < 1.29 is 9.59 Å². The number of likely N-dealkylation sites (tertiary alicyclic amines) is 1. The first kappa shape index (κ1) is 15.7. The monoisotopic (exact) mass is 266 g/mol. The van der Waals surface area contributed by atoms with E-state index in [2.05, 4.69) is 25.7 Å². The molecule has 0 spiro atoms. The molecule has 0 aromatic heterocycles. The van der Waals surface area contributed by atoms with Gasteiger partial charge in [-0.1, -0.05) is 26.8 Å². The summed E-state index contributed by atoms with van der Waals surface area (Å²) in [6, 6.07) is 0.297. The van der Waals surface area contributed by atoms with Crippen molar-refractivity contribution in [2.45, 2.75) is 52.0 Å². The molecule has 1 atom stereocenters. The van der Waals surface area contributed by atoms with Crippen molar-refractivity contribution in [1.82, 2.24) is 10.2 Å². The molecule has 1 saturated heterocycles. The van der Waals surface area contributed by atoms with Crippen molar-refractivity contribution in [1.29, 1.82) is 0 Å². The Hall–Kier alpha value is -1.32. The normalized spacial score (nSPS) is 17.9. The average Bonchev–Trinajstić information content (AvgIpc) is 2.45. The van der Waals surface area contributed by atoms with Crippen LogP contribution >= 0.6 is 0 Å². The minimum absolute atomic E-state index is 0.0312. The molecule has 1 aliphatic rings. The lowest BCUT2D eigenvalue weighted by atomic mass is 9.95. The maximum atomic E-state index is 12.2. The van der Waals surface area contributed by atoms with Gasteiger partial charge in [0.25, 0.3) is 0 Å². The minimum Gasteiger partial charge on any atom is -0.353 e. The lowest BCUT2D eigenvalue weighted by molar-refractivity contribution is -0.132. The van der Waals surface area contributed by atoms with Gasteiger partial charge in [-0.25, -0.2) is 0 Å². The SMILES string of the molecule is C=CC(=O)N1CCC(C(=O)NC(CC)CCC)CC1. The second-order valence-corrected chi connectivity index (χ2v) is 5.21. The van der Waals surface area contributed by atoms with Gasteiger partial charge in [0.15, 0.2) is 0 Å². The number of piperidine rings is 1. The summed E-state index contributed by atoms with van der Waals surface area (Å²) in [5.74, 6) is 0.182. The van der Waals surface area contributed by atoms with Crippen LogP contribution in [0.4, 0.5) is 0 Å². The molecule has 0 bridgehead atoms. The van der Waals surface area contributed by atoms with Gasteiger partial charge < -0.3 is 10.2 Å². The Morgan fingerprint density at radius 1 is 1.37 bits per heavy atom. The van der Waals surface area contributed by atoms with Gasteiger partial charge in [0.05, 0.1) is 0 Å². The highest BCUT2D eigenvalue weighted by atomic mass is 16.2. The summed E-state index contributed by atoms with van der Waals surface area (Å²) in [7, 11) is 0. The van der Waals surface area contributed by atoms with Gasteiger partial charge in [0, 0.05) is 25.0 Å². The molecule has 1 heterocycles.